The molecule has 0 radical (unpaired) electrons. The van der Waals surface area contributed by atoms with E-state index in [1.807, 2.05) is 35.8 Å². The molecule has 38 heavy (non-hydrogen) atoms. The molecule has 0 aromatic carbocycles. The van der Waals surface area contributed by atoms with Gasteiger partial charge in [0.1, 0.15) is 5.82 Å². The fourth-order valence-electron chi connectivity index (χ4n) is 5.20. The van der Waals surface area contributed by atoms with Gasteiger partial charge in [-0.1, -0.05) is 19.9 Å². The number of ether oxygens (including phenoxy) is 1. The van der Waals surface area contributed by atoms with Crippen LogP contribution in [0.2, 0.25) is 0 Å². The topological polar surface area (TPSA) is 75.9 Å². The van der Waals surface area contributed by atoms with E-state index in [-0.39, 0.29) is 11.8 Å². The molecule has 0 N–H and O–H groups in total. The average molecular weight is 533 g/mol. The predicted octanol–water partition coefficient (Wildman–Crippen LogP) is 5.44. The third-order valence-electron chi connectivity index (χ3n) is 7.57. The molecule has 1 fully saturated rings. The van der Waals surface area contributed by atoms with E-state index in [0.717, 1.165) is 65.8 Å². The highest BCUT2D eigenvalue weighted by Gasteiger charge is 2.30. The Morgan fingerprint density at radius 1 is 1.21 bits per heavy atom. The van der Waals surface area contributed by atoms with E-state index in [1.165, 1.54) is 0 Å². The van der Waals surface area contributed by atoms with Gasteiger partial charge in [0, 0.05) is 37.9 Å². The minimum atomic E-state index is 0.140. The molecule has 9 heteroatoms. The number of carbonyl (C=O) groups excluding carboxylic acids is 1. The Labute approximate surface area is 228 Å². The maximum absolute atomic E-state index is 13.5. The van der Waals surface area contributed by atoms with Crippen molar-refractivity contribution in [2.24, 2.45) is 0 Å². The third kappa shape index (κ3) is 5.36. The van der Waals surface area contributed by atoms with Gasteiger partial charge < -0.3 is 14.5 Å². The van der Waals surface area contributed by atoms with Gasteiger partial charge in [-0.15, -0.1) is 11.3 Å². The van der Waals surface area contributed by atoms with Crippen molar-refractivity contribution in [2.45, 2.75) is 52.1 Å². The first-order chi connectivity index (χ1) is 18.5. The molecular formula is C29H36N6O2S. The van der Waals surface area contributed by atoms with Gasteiger partial charge in [-0.3, -0.25) is 4.79 Å². The molecule has 4 aromatic heterocycles. The molecular weight excluding hydrogens is 496 g/mol. The second-order valence-corrected chi connectivity index (χ2v) is 10.8. The summed E-state index contributed by atoms with van der Waals surface area (Å²) in [4.78, 5) is 29.2. The van der Waals surface area contributed by atoms with Crippen LogP contribution in [0.15, 0.2) is 48.1 Å². The summed E-state index contributed by atoms with van der Waals surface area (Å²) < 4.78 is 7.20. The van der Waals surface area contributed by atoms with Gasteiger partial charge in [-0.05, 0) is 62.5 Å². The smallest absolute Gasteiger partial charge is 0.165 e. The van der Waals surface area contributed by atoms with Gasteiger partial charge in [-0.2, -0.15) is 5.10 Å². The second-order valence-electron chi connectivity index (χ2n) is 9.84. The van der Waals surface area contributed by atoms with Crippen LogP contribution in [0.3, 0.4) is 0 Å². The molecule has 1 saturated heterocycles. The van der Waals surface area contributed by atoms with E-state index in [2.05, 4.69) is 41.7 Å². The zero-order chi connectivity index (χ0) is 26.6. The number of rotatable bonds is 12. The molecule has 4 aromatic rings. The van der Waals surface area contributed by atoms with Crippen molar-refractivity contribution >= 4 is 28.6 Å². The maximum atomic E-state index is 13.5. The molecule has 0 saturated carbocycles. The summed E-state index contributed by atoms with van der Waals surface area (Å²) in [5, 5.41) is 6.58. The molecule has 1 aliphatic rings. The lowest BCUT2D eigenvalue weighted by Crippen LogP contribution is -2.50. The number of anilines is 1. The van der Waals surface area contributed by atoms with Crippen LogP contribution in [-0.4, -0.2) is 75.7 Å². The maximum Gasteiger partial charge on any atom is 0.165 e. The minimum Gasteiger partial charge on any atom is -0.383 e. The van der Waals surface area contributed by atoms with Crippen LogP contribution in [0.5, 0.6) is 0 Å². The summed E-state index contributed by atoms with van der Waals surface area (Å²) in [7, 11) is 1.72. The fraction of sp³-hybridized carbons (Fsp3) is 0.448. The summed E-state index contributed by atoms with van der Waals surface area (Å²) in [6, 6.07) is 10.5. The van der Waals surface area contributed by atoms with E-state index in [4.69, 9.17) is 14.7 Å². The van der Waals surface area contributed by atoms with Crippen molar-refractivity contribution in [2.75, 3.05) is 38.3 Å². The van der Waals surface area contributed by atoms with E-state index >= 15 is 0 Å². The van der Waals surface area contributed by atoms with Gasteiger partial charge >= 0.3 is 0 Å². The largest absolute Gasteiger partial charge is 0.383 e. The van der Waals surface area contributed by atoms with Gasteiger partial charge in [0.05, 0.1) is 40.7 Å². The summed E-state index contributed by atoms with van der Waals surface area (Å²) in [6.07, 6.45) is 6.10. The number of thiophene rings is 1. The highest BCUT2D eigenvalue weighted by Crippen LogP contribution is 2.32. The molecule has 0 amide bonds. The average Bonchev–Trinajstić information content (AvgIpc) is 3.60. The molecule has 0 bridgehead atoms. The highest BCUT2D eigenvalue weighted by molar-refractivity contribution is 7.13. The third-order valence-corrected chi connectivity index (χ3v) is 8.47. The Morgan fingerprint density at radius 2 is 2.05 bits per heavy atom. The van der Waals surface area contributed by atoms with Gasteiger partial charge in [0.25, 0.3) is 0 Å². The Hall–Kier alpha value is -3.14. The Bertz CT molecular complexity index is 1380. The Morgan fingerprint density at radius 3 is 2.74 bits per heavy atom. The summed E-state index contributed by atoms with van der Waals surface area (Å²) in [6.45, 7) is 10.0. The number of nitrogens with zero attached hydrogens (tertiary/aromatic N) is 6. The van der Waals surface area contributed by atoms with E-state index < -0.39 is 0 Å². The molecule has 2 atom stereocenters. The number of carbonyl (C=O) groups is 1. The van der Waals surface area contributed by atoms with Crippen LogP contribution < -0.4 is 4.90 Å². The summed E-state index contributed by atoms with van der Waals surface area (Å²) in [5.74, 6) is 0.950. The molecule has 5 rings (SSSR count). The van der Waals surface area contributed by atoms with Crippen LogP contribution in [0.4, 0.5) is 5.82 Å². The SMILES string of the molecule is CCN(CC)[C@@H](C)CCC(=O)c1cc(-c2cnn3ccc(-c4cccs4)nc23)nc(N2CC[C@H]2COC)c1. The highest BCUT2D eigenvalue weighted by atomic mass is 32.1. The van der Waals surface area contributed by atoms with Crippen molar-refractivity contribution in [1.29, 1.82) is 0 Å². The molecule has 0 unspecified atom stereocenters. The molecule has 200 valence electrons. The van der Waals surface area contributed by atoms with Crippen LogP contribution in [-0.2, 0) is 4.74 Å². The second kappa shape index (κ2) is 11.7. The number of hydrogen-bond donors (Lipinski definition) is 0. The van der Waals surface area contributed by atoms with Gasteiger partial charge in [0.2, 0.25) is 0 Å². The number of Topliss-reactive ketones (excluding diaryl/α,β-unsaturated/α-hetero) is 1. The molecule has 5 heterocycles. The van der Waals surface area contributed by atoms with Gasteiger partial charge in [-0.25, -0.2) is 14.5 Å². The Balaban J connectivity index is 1.51. The standard InChI is InChI=1S/C29H36N6O2S/c1-5-33(6-2)20(3)9-10-26(36)21-16-25(31-28(17-21)34-13-11-22(34)19-37-4)23-18-30-35-14-12-24(32-29(23)35)27-8-7-15-38-27/h7-8,12,14-18,20,22H,5-6,9-11,13,19H2,1-4H3/t20-,22-/m0/s1. The number of fused-ring (bicyclic) bond motifs is 1. The summed E-state index contributed by atoms with van der Waals surface area (Å²) in [5.41, 5.74) is 3.85. The number of ketones is 1. The molecule has 1 aliphatic heterocycles. The van der Waals surface area contributed by atoms with Crippen LogP contribution in [0.25, 0.3) is 27.5 Å². The van der Waals surface area contributed by atoms with Crippen molar-refractivity contribution in [3.8, 4) is 21.8 Å². The fourth-order valence-corrected chi connectivity index (χ4v) is 5.89. The van der Waals surface area contributed by atoms with Crippen molar-refractivity contribution < 1.29 is 9.53 Å². The normalized spacial score (nSPS) is 16.2. The van der Waals surface area contributed by atoms with Crippen LogP contribution in [0, 0.1) is 0 Å². The van der Waals surface area contributed by atoms with Crippen molar-refractivity contribution in [1.82, 2.24) is 24.5 Å². The first-order valence-electron chi connectivity index (χ1n) is 13.5. The number of pyridine rings is 1. The first-order valence-corrected chi connectivity index (χ1v) is 14.3. The predicted molar refractivity (Wildman–Crippen MR) is 153 cm³/mol. The van der Waals surface area contributed by atoms with Crippen LogP contribution in [0.1, 0.15) is 50.4 Å². The zero-order valence-corrected chi connectivity index (χ0v) is 23.4. The van der Waals surface area contributed by atoms with Crippen molar-refractivity contribution in [3.63, 3.8) is 0 Å². The Kier molecular flexibility index (Phi) is 8.16. The molecule has 0 spiro atoms. The van der Waals surface area contributed by atoms with Crippen molar-refractivity contribution in [3.05, 3.63) is 53.7 Å². The minimum absolute atomic E-state index is 0.140. The first kappa shape index (κ1) is 26.5. The molecule has 0 aliphatic carbocycles. The van der Waals surface area contributed by atoms with Gasteiger partial charge in [0.15, 0.2) is 11.4 Å². The molecule has 8 nitrogen and oxygen atoms in total. The number of hydrogen-bond acceptors (Lipinski definition) is 8. The lowest BCUT2D eigenvalue weighted by atomic mass is 10.00. The van der Waals surface area contributed by atoms with Crippen LogP contribution >= 0.6 is 11.3 Å². The zero-order valence-electron chi connectivity index (χ0n) is 22.6. The number of aromatic nitrogens is 4. The lowest BCUT2D eigenvalue weighted by Gasteiger charge is -2.41. The van der Waals surface area contributed by atoms with E-state index in [9.17, 15) is 4.79 Å². The monoisotopic (exact) mass is 532 g/mol. The van der Waals surface area contributed by atoms with E-state index in [1.54, 1.807) is 29.2 Å². The quantitative estimate of drug-likeness (QED) is 0.225. The lowest BCUT2D eigenvalue weighted by molar-refractivity contribution is 0.0964. The number of methoxy groups -OCH3 is 1. The van der Waals surface area contributed by atoms with E-state index in [0.29, 0.717) is 24.6 Å². The summed E-state index contributed by atoms with van der Waals surface area (Å²) >= 11 is 1.66.